The molecular weight excluding hydrogens is 324 g/mol. The summed E-state index contributed by atoms with van der Waals surface area (Å²) in [6, 6.07) is 13.0. The van der Waals surface area contributed by atoms with Crippen LogP contribution in [-0.4, -0.2) is 16.1 Å². The Morgan fingerprint density at radius 2 is 1.95 bits per heavy atom. The molecule has 0 aliphatic heterocycles. The minimum absolute atomic E-state index is 0.0594. The van der Waals surface area contributed by atoms with Crippen LogP contribution in [0.4, 0.5) is 11.4 Å². The first kappa shape index (κ1) is 16.3. The highest BCUT2D eigenvalue weighted by Crippen LogP contribution is 2.26. The Balaban J connectivity index is 2.00. The van der Waals surface area contributed by atoms with Crippen molar-refractivity contribution in [1.29, 1.82) is 0 Å². The third kappa shape index (κ3) is 4.47. The summed E-state index contributed by atoms with van der Waals surface area (Å²) in [4.78, 5) is 23.3. The summed E-state index contributed by atoms with van der Waals surface area (Å²) >= 11 is 7.20. The standard InChI is InChI=1S/C15H13ClN2O3S/c1-10(22-14-7-5-11(16)6-8-14)15(19)17-12-3-2-4-13(9-12)18(20)21/h2-10H,1H3,(H,17,19)/t10-/m1/s1. The van der Waals surface area contributed by atoms with Crippen molar-refractivity contribution in [2.75, 3.05) is 5.32 Å². The molecule has 0 spiro atoms. The summed E-state index contributed by atoms with van der Waals surface area (Å²) in [6.45, 7) is 1.77. The van der Waals surface area contributed by atoms with E-state index in [1.807, 2.05) is 12.1 Å². The van der Waals surface area contributed by atoms with E-state index in [0.29, 0.717) is 10.7 Å². The molecule has 0 fully saturated rings. The number of anilines is 1. The van der Waals surface area contributed by atoms with E-state index in [-0.39, 0.29) is 16.8 Å². The van der Waals surface area contributed by atoms with Crippen LogP contribution in [0.2, 0.25) is 5.02 Å². The topological polar surface area (TPSA) is 72.2 Å². The van der Waals surface area contributed by atoms with Crippen molar-refractivity contribution in [2.24, 2.45) is 0 Å². The monoisotopic (exact) mass is 336 g/mol. The second-order valence-electron chi connectivity index (χ2n) is 4.51. The van der Waals surface area contributed by atoms with Gasteiger partial charge in [0, 0.05) is 27.7 Å². The number of hydrogen-bond acceptors (Lipinski definition) is 4. The van der Waals surface area contributed by atoms with Gasteiger partial charge in [0.15, 0.2) is 0 Å². The Morgan fingerprint density at radius 1 is 1.27 bits per heavy atom. The fourth-order valence-corrected chi connectivity index (χ4v) is 2.71. The number of nitrogens with one attached hydrogen (secondary N) is 1. The van der Waals surface area contributed by atoms with Gasteiger partial charge in [-0.1, -0.05) is 17.7 Å². The number of amides is 1. The summed E-state index contributed by atoms with van der Waals surface area (Å²) in [5, 5.41) is 13.7. The lowest BCUT2D eigenvalue weighted by atomic mass is 10.2. The number of nitro benzene ring substituents is 1. The molecule has 0 aromatic heterocycles. The van der Waals surface area contributed by atoms with Gasteiger partial charge in [-0.2, -0.15) is 0 Å². The Kier molecular flexibility index (Phi) is 5.41. The molecule has 0 heterocycles. The minimum atomic E-state index is -0.498. The van der Waals surface area contributed by atoms with Crippen LogP contribution in [0.1, 0.15) is 6.92 Å². The average Bonchev–Trinajstić information content (AvgIpc) is 2.49. The number of rotatable bonds is 5. The lowest BCUT2D eigenvalue weighted by Gasteiger charge is -2.12. The summed E-state index contributed by atoms with van der Waals surface area (Å²) in [6.07, 6.45) is 0. The van der Waals surface area contributed by atoms with Crippen LogP contribution in [0.25, 0.3) is 0 Å². The normalized spacial score (nSPS) is 11.7. The highest BCUT2D eigenvalue weighted by atomic mass is 35.5. The summed E-state index contributed by atoms with van der Waals surface area (Å²) in [7, 11) is 0. The van der Waals surface area contributed by atoms with Crippen LogP contribution in [0.5, 0.6) is 0 Å². The SMILES string of the molecule is C[C@@H](Sc1ccc(Cl)cc1)C(=O)Nc1cccc([N+](=O)[O-])c1. The van der Waals surface area contributed by atoms with Gasteiger partial charge < -0.3 is 5.32 Å². The maximum atomic E-state index is 12.1. The third-order valence-corrected chi connectivity index (χ3v) is 4.18. The number of non-ortho nitro benzene ring substituents is 1. The number of carbonyl (C=O) groups excluding carboxylic acids is 1. The molecule has 1 atom stereocenters. The second-order valence-corrected chi connectivity index (χ2v) is 6.36. The first-order chi connectivity index (χ1) is 10.5. The number of benzene rings is 2. The van der Waals surface area contributed by atoms with Crippen molar-refractivity contribution >= 4 is 40.6 Å². The van der Waals surface area contributed by atoms with E-state index in [1.54, 1.807) is 25.1 Å². The van der Waals surface area contributed by atoms with Gasteiger partial charge in [-0.05, 0) is 37.3 Å². The molecule has 0 saturated heterocycles. The van der Waals surface area contributed by atoms with Gasteiger partial charge in [-0.3, -0.25) is 14.9 Å². The van der Waals surface area contributed by atoms with Gasteiger partial charge in [-0.25, -0.2) is 0 Å². The van der Waals surface area contributed by atoms with Gasteiger partial charge in [0.2, 0.25) is 5.91 Å². The molecule has 0 aliphatic rings. The van der Waals surface area contributed by atoms with Gasteiger partial charge in [-0.15, -0.1) is 11.8 Å². The third-order valence-electron chi connectivity index (χ3n) is 2.82. The number of halogens is 1. The summed E-state index contributed by atoms with van der Waals surface area (Å²) < 4.78 is 0. The molecule has 0 saturated carbocycles. The fraction of sp³-hybridized carbons (Fsp3) is 0.133. The molecule has 114 valence electrons. The van der Waals surface area contributed by atoms with E-state index in [0.717, 1.165) is 4.90 Å². The molecule has 2 aromatic rings. The van der Waals surface area contributed by atoms with Crippen molar-refractivity contribution < 1.29 is 9.72 Å². The molecule has 1 amide bonds. The minimum Gasteiger partial charge on any atom is -0.325 e. The highest BCUT2D eigenvalue weighted by molar-refractivity contribution is 8.00. The van der Waals surface area contributed by atoms with Crippen LogP contribution >= 0.6 is 23.4 Å². The van der Waals surface area contributed by atoms with Crippen molar-refractivity contribution in [2.45, 2.75) is 17.1 Å². The Morgan fingerprint density at radius 3 is 2.59 bits per heavy atom. The van der Waals surface area contributed by atoms with Crippen LogP contribution in [0, 0.1) is 10.1 Å². The molecule has 2 aromatic carbocycles. The number of nitro groups is 1. The Bertz CT molecular complexity index is 691. The van der Waals surface area contributed by atoms with E-state index in [4.69, 9.17) is 11.6 Å². The molecule has 5 nitrogen and oxygen atoms in total. The molecule has 7 heteroatoms. The Labute approximate surface area is 136 Å². The van der Waals surface area contributed by atoms with Crippen LogP contribution < -0.4 is 5.32 Å². The van der Waals surface area contributed by atoms with Gasteiger partial charge in [0.1, 0.15) is 0 Å². The highest BCUT2D eigenvalue weighted by Gasteiger charge is 2.15. The zero-order chi connectivity index (χ0) is 16.1. The zero-order valence-corrected chi connectivity index (χ0v) is 13.2. The van der Waals surface area contributed by atoms with Crippen LogP contribution in [0.15, 0.2) is 53.4 Å². The van der Waals surface area contributed by atoms with Crippen molar-refractivity contribution in [1.82, 2.24) is 0 Å². The van der Waals surface area contributed by atoms with E-state index in [9.17, 15) is 14.9 Å². The number of carbonyl (C=O) groups is 1. The molecule has 0 bridgehead atoms. The first-order valence-electron chi connectivity index (χ1n) is 6.43. The number of hydrogen-bond donors (Lipinski definition) is 1. The predicted molar refractivity (Wildman–Crippen MR) is 88.5 cm³/mol. The molecule has 22 heavy (non-hydrogen) atoms. The van der Waals surface area contributed by atoms with Crippen molar-refractivity contribution in [3.05, 3.63) is 63.7 Å². The van der Waals surface area contributed by atoms with Crippen molar-refractivity contribution in [3.8, 4) is 0 Å². The largest absolute Gasteiger partial charge is 0.325 e. The van der Waals surface area contributed by atoms with Gasteiger partial charge in [0.25, 0.3) is 5.69 Å². The smallest absolute Gasteiger partial charge is 0.271 e. The zero-order valence-electron chi connectivity index (χ0n) is 11.7. The molecule has 2 rings (SSSR count). The maximum Gasteiger partial charge on any atom is 0.271 e. The van der Waals surface area contributed by atoms with Crippen LogP contribution in [-0.2, 0) is 4.79 Å². The summed E-state index contributed by atoms with van der Waals surface area (Å²) in [5.41, 5.74) is 0.346. The molecular formula is C15H13ClN2O3S. The van der Waals surface area contributed by atoms with E-state index in [2.05, 4.69) is 5.32 Å². The maximum absolute atomic E-state index is 12.1. The first-order valence-corrected chi connectivity index (χ1v) is 7.69. The molecule has 0 aliphatic carbocycles. The number of nitrogens with zero attached hydrogens (tertiary/aromatic N) is 1. The predicted octanol–water partition coefficient (Wildman–Crippen LogP) is 4.37. The van der Waals surface area contributed by atoms with E-state index < -0.39 is 4.92 Å². The van der Waals surface area contributed by atoms with Gasteiger partial charge in [0.05, 0.1) is 10.2 Å². The average molecular weight is 337 g/mol. The number of thioether (sulfide) groups is 1. The van der Waals surface area contributed by atoms with Crippen LogP contribution in [0.3, 0.4) is 0 Å². The van der Waals surface area contributed by atoms with E-state index >= 15 is 0 Å². The molecule has 0 radical (unpaired) electrons. The molecule has 0 unspecified atom stereocenters. The second kappa shape index (κ2) is 7.29. The molecule has 1 N–H and O–H groups in total. The van der Waals surface area contributed by atoms with E-state index in [1.165, 1.54) is 30.0 Å². The summed E-state index contributed by atoms with van der Waals surface area (Å²) in [5.74, 6) is -0.222. The fourth-order valence-electron chi connectivity index (χ4n) is 1.71. The lowest BCUT2D eigenvalue weighted by Crippen LogP contribution is -2.22. The van der Waals surface area contributed by atoms with Crippen molar-refractivity contribution in [3.63, 3.8) is 0 Å². The Hall–Kier alpha value is -2.05. The quantitative estimate of drug-likeness (QED) is 0.500. The van der Waals surface area contributed by atoms with Gasteiger partial charge >= 0.3 is 0 Å². The lowest BCUT2D eigenvalue weighted by molar-refractivity contribution is -0.384.